The van der Waals surface area contributed by atoms with Crippen LogP contribution in [0.15, 0.2) is 47.3 Å². The Hall–Kier alpha value is -1.46. The highest BCUT2D eigenvalue weighted by Crippen LogP contribution is 2.24. The zero-order valence-corrected chi connectivity index (χ0v) is 12.7. The molecule has 2 heterocycles. The van der Waals surface area contributed by atoms with Crippen LogP contribution in [-0.4, -0.2) is 34.1 Å². The van der Waals surface area contributed by atoms with Gasteiger partial charge in [0.15, 0.2) is 0 Å². The third-order valence-corrected chi connectivity index (χ3v) is 3.93. The zero-order chi connectivity index (χ0) is 13.8. The molecule has 4 nitrogen and oxygen atoms in total. The SMILES string of the molecule is Brc1cncnc1OC1CCN(Cc2ccccc2)C1. The van der Waals surface area contributed by atoms with Crippen LogP contribution in [0.1, 0.15) is 12.0 Å². The van der Waals surface area contributed by atoms with E-state index in [0.29, 0.717) is 5.88 Å². The maximum Gasteiger partial charge on any atom is 0.231 e. The van der Waals surface area contributed by atoms with E-state index >= 15 is 0 Å². The summed E-state index contributed by atoms with van der Waals surface area (Å²) < 4.78 is 6.74. The van der Waals surface area contributed by atoms with E-state index in [9.17, 15) is 0 Å². The summed E-state index contributed by atoms with van der Waals surface area (Å²) in [7, 11) is 0. The molecule has 0 saturated carbocycles. The molecule has 1 aliphatic rings. The molecule has 1 aromatic carbocycles. The molecule has 5 heteroatoms. The van der Waals surface area contributed by atoms with Gasteiger partial charge < -0.3 is 4.74 Å². The summed E-state index contributed by atoms with van der Waals surface area (Å²) in [6.07, 6.45) is 4.45. The summed E-state index contributed by atoms with van der Waals surface area (Å²) in [5.41, 5.74) is 1.34. The predicted octanol–water partition coefficient (Wildman–Crippen LogP) is 2.89. The summed E-state index contributed by atoms with van der Waals surface area (Å²) >= 11 is 3.41. The van der Waals surface area contributed by atoms with Crippen molar-refractivity contribution in [3.8, 4) is 5.88 Å². The van der Waals surface area contributed by atoms with Gasteiger partial charge >= 0.3 is 0 Å². The normalized spacial score (nSPS) is 19.1. The van der Waals surface area contributed by atoms with Gasteiger partial charge in [0.05, 0.1) is 4.47 Å². The van der Waals surface area contributed by atoms with Gasteiger partial charge in [-0.1, -0.05) is 30.3 Å². The summed E-state index contributed by atoms with van der Waals surface area (Å²) in [5.74, 6) is 0.631. The Morgan fingerprint density at radius 2 is 2.15 bits per heavy atom. The molecular formula is C15H16BrN3O. The van der Waals surface area contributed by atoms with Crippen molar-refractivity contribution in [3.63, 3.8) is 0 Å². The second kappa shape index (κ2) is 6.33. The highest BCUT2D eigenvalue weighted by Gasteiger charge is 2.24. The molecular weight excluding hydrogens is 318 g/mol. The number of likely N-dealkylation sites (tertiary alicyclic amines) is 1. The first-order valence-electron chi connectivity index (χ1n) is 6.70. The first kappa shape index (κ1) is 13.5. The minimum Gasteiger partial charge on any atom is -0.472 e. The number of benzene rings is 1. The molecule has 1 saturated heterocycles. The van der Waals surface area contributed by atoms with E-state index in [0.717, 1.165) is 30.5 Å². The number of ether oxygens (including phenoxy) is 1. The van der Waals surface area contributed by atoms with Gasteiger partial charge in [-0.15, -0.1) is 0 Å². The van der Waals surface area contributed by atoms with Gasteiger partial charge in [-0.2, -0.15) is 0 Å². The second-order valence-electron chi connectivity index (χ2n) is 4.93. The summed E-state index contributed by atoms with van der Waals surface area (Å²) in [4.78, 5) is 10.5. The average molecular weight is 334 g/mol. The van der Waals surface area contributed by atoms with Gasteiger partial charge in [-0.3, -0.25) is 4.90 Å². The molecule has 2 aromatic rings. The van der Waals surface area contributed by atoms with Gasteiger partial charge in [0, 0.05) is 25.8 Å². The Labute approximate surface area is 126 Å². The molecule has 0 N–H and O–H groups in total. The molecule has 3 rings (SSSR count). The average Bonchev–Trinajstić information content (AvgIpc) is 2.90. The lowest BCUT2D eigenvalue weighted by molar-refractivity contribution is 0.189. The van der Waals surface area contributed by atoms with Crippen LogP contribution in [0, 0.1) is 0 Å². The maximum atomic E-state index is 5.93. The van der Waals surface area contributed by atoms with E-state index in [1.54, 1.807) is 6.20 Å². The lowest BCUT2D eigenvalue weighted by Gasteiger charge is -2.16. The van der Waals surface area contributed by atoms with Gasteiger partial charge in [-0.05, 0) is 27.9 Å². The minimum absolute atomic E-state index is 0.199. The Morgan fingerprint density at radius 1 is 1.30 bits per heavy atom. The highest BCUT2D eigenvalue weighted by molar-refractivity contribution is 9.10. The van der Waals surface area contributed by atoms with Gasteiger partial charge in [-0.25, -0.2) is 9.97 Å². The highest BCUT2D eigenvalue weighted by atomic mass is 79.9. The molecule has 0 aliphatic carbocycles. The third-order valence-electron chi connectivity index (χ3n) is 3.39. The second-order valence-corrected chi connectivity index (χ2v) is 5.78. The van der Waals surface area contributed by atoms with Crippen LogP contribution in [0.2, 0.25) is 0 Å². The molecule has 1 unspecified atom stereocenters. The van der Waals surface area contributed by atoms with Gasteiger partial charge in [0.2, 0.25) is 5.88 Å². The molecule has 0 bridgehead atoms. The number of nitrogens with zero attached hydrogens (tertiary/aromatic N) is 3. The molecule has 20 heavy (non-hydrogen) atoms. The lowest BCUT2D eigenvalue weighted by atomic mass is 10.2. The van der Waals surface area contributed by atoms with E-state index in [1.165, 1.54) is 11.9 Å². The van der Waals surface area contributed by atoms with Crippen molar-refractivity contribution in [1.29, 1.82) is 0 Å². The van der Waals surface area contributed by atoms with E-state index < -0.39 is 0 Å². The van der Waals surface area contributed by atoms with Gasteiger partial charge in [0.25, 0.3) is 0 Å². The Morgan fingerprint density at radius 3 is 2.95 bits per heavy atom. The first-order valence-corrected chi connectivity index (χ1v) is 7.49. The van der Waals surface area contributed by atoms with Crippen molar-refractivity contribution in [2.24, 2.45) is 0 Å². The molecule has 0 spiro atoms. The molecule has 1 fully saturated rings. The quantitative estimate of drug-likeness (QED) is 0.862. The fraction of sp³-hybridized carbons (Fsp3) is 0.333. The number of halogens is 1. The number of rotatable bonds is 4. The number of hydrogen-bond donors (Lipinski definition) is 0. The Kier molecular flexibility index (Phi) is 4.28. The van der Waals surface area contributed by atoms with E-state index in [1.807, 2.05) is 6.07 Å². The van der Waals surface area contributed by atoms with E-state index in [4.69, 9.17) is 4.74 Å². The molecule has 1 aliphatic heterocycles. The van der Waals surface area contributed by atoms with Crippen molar-refractivity contribution in [3.05, 3.63) is 52.9 Å². The topological polar surface area (TPSA) is 38.3 Å². The third kappa shape index (κ3) is 3.35. The smallest absolute Gasteiger partial charge is 0.231 e. The van der Waals surface area contributed by atoms with Crippen molar-refractivity contribution in [2.75, 3.05) is 13.1 Å². The van der Waals surface area contributed by atoms with Crippen LogP contribution in [0.5, 0.6) is 5.88 Å². The van der Waals surface area contributed by atoms with Crippen LogP contribution in [0.25, 0.3) is 0 Å². The number of hydrogen-bond acceptors (Lipinski definition) is 4. The zero-order valence-electron chi connectivity index (χ0n) is 11.1. The predicted molar refractivity (Wildman–Crippen MR) is 80.5 cm³/mol. The molecule has 104 valence electrons. The molecule has 1 atom stereocenters. The summed E-state index contributed by atoms with van der Waals surface area (Å²) in [6, 6.07) is 10.5. The minimum atomic E-state index is 0.199. The summed E-state index contributed by atoms with van der Waals surface area (Å²) in [6.45, 7) is 2.97. The largest absolute Gasteiger partial charge is 0.472 e. The fourth-order valence-corrected chi connectivity index (χ4v) is 2.74. The Balaban J connectivity index is 1.56. The molecule has 0 amide bonds. The van der Waals surface area contributed by atoms with Crippen LogP contribution >= 0.6 is 15.9 Å². The van der Waals surface area contributed by atoms with Crippen molar-refractivity contribution in [1.82, 2.24) is 14.9 Å². The lowest BCUT2D eigenvalue weighted by Crippen LogP contribution is -2.24. The first-order chi connectivity index (χ1) is 9.81. The van der Waals surface area contributed by atoms with Crippen LogP contribution in [-0.2, 0) is 6.54 Å². The summed E-state index contributed by atoms with van der Waals surface area (Å²) in [5, 5.41) is 0. The standard InChI is InChI=1S/C15H16BrN3O/c16-14-8-17-11-18-15(14)20-13-6-7-19(10-13)9-12-4-2-1-3-5-12/h1-5,8,11,13H,6-7,9-10H2. The number of aromatic nitrogens is 2. The van der Waals surface area contributed by atoms with Crippen LogP contribution < -0.4 is 4.74 Å². The van der Waals surface area contributed by atoms with Crippen molar-refractivity contribution in [2.45, 2.75) is 19.1 Å². The van der Waals surface area contributed by atoms with E-state index in [-0.39, 0.29) is 6.10 Å². The van der Waals surface area contributed by atoms with Gasteiger partial charge in [0.1, 0.15) is 12.4 Å². The monoisotopic (exact) mass is 333 g/mol. The van der Waals surface area contributed by atoms with Crippen LogP contribution in [0.4, 0.5) is 0 Å². The van der Waals surface area contributed by atoms with Crippen molar-refractivity contribution < 1.29 is 4.74 Å². The Bertz CT molecular complexity index is 564. The maximum absolute atomic E-state index is 5.93. The van der Waals surface area contributed by atoms with Crippen LogP contribution in [0.3, 0.4) is 0 Å². The van der Waals surface area contributed by atoms with Crippen molar-refractivity contribution >= 4 is 15.9 Å². The molecule has 1 aromatic heterocycles. The molecule has 0 radical (unpaired) electrons. The fourth-order valence-electron chi connectivity index (χ4n) is 2.42. The van der Waals surface area contributed by atoms with E-state index in [2.05, 4.69) is 55.1 Å².